The van der Waals surface area contributed by atoms with Crippen LogP contribution in [0, 0.1) is 0 Å². The van der Waals surface area contributed by atoms with E-state index in [-0.39, 0.29) is 29.7 Å². The second-order valence-corrected chi connectivity index (χ2v) is 8.20. The summed E-state index contributed by atoms with van der Waals surface area (Å²) in [4.78, 5) is 25.4. The van der Waals surface area contributed by atoms with E-state index in [0.717, 1.165) is 4.90 Å². The number of ether oxygens (including phenoxy) is 1. The van der Waals surface area contributed by atoms with Crippen LogP contribution in [0.3, 0.4) is 0 Å². The number of hydrogen-bond donors (Lipinski definition) is 2. The van der Waals surface area contributed by atoms with Crippen LogP contribution >= 0.6 is 23.4 Å². The van der Waals surface area contributed by atoms with Crippen LogP contribution in [0.2, 0.25) is 5.02 Å². The minimum atomic E-state index is -0.263. The van der Waals surface area contributed by atoms with Gasteiger partial charge in [0.25, 0.3) is 5.91 Å². The molecule has 0 atom stereocenters. The molecule has 0 aromatic heterocycles. The zero-order chi connectivity index (χ0) is 20.7. The van der Waals surface area contributed by atoms with Crippen molar-refractivity contribution in [3.8, 4) is 5.75 Å². The maximum absolute atomic E-state index is 12.7. The molecule has 0 bridgehead atoms. The van der Waals surface area contributed by atoms with Crippen molar-refractivity contribution in [2.45, 2.75) is 44.7 Å². The van der Waals surface area contributed by atoms with Crippen LogP contribution in [0.4, 0.5) is 5.69 Å². The molecule has 0 fully saturated rings. The van der Waals surface area contributed by atoms with Crippen LogP contribution in [-0.2, 0) is 4.79 Å². The Morgan fingerprint density at radius 3 is 2.46 bits per heavy atom. The third-order valence-electron chi connectivity index (χ3n) is 3.49. The summed E-state index contributed by atoms with van der Waals surface area (Å²) < 4.78 is 5.60. The third-order valence-corrected chi connectivity index (χ3v) is 4.86. The maximum atomic E-state index is 12.7. The molecule has 0 spiro atoms. The minimum Gasteiger partial charge on any atom is -0.489 e. The maximum Gasteiger partial charge on any atom is 0.256 e. The number of rotatable bonds is 8. The zero-order valence-electron chi connectivity index (χ0n) is 16.4. The van der Waals surface area contributed by atoms with Gasteiger partial charge < -0.3 is 15.4 Å². The summed E-state index contributed by atoms with van der Waals surface area (Å²) in [5.74, 6) is 0.487. The molecule has 0 unspecified atom stereocenters. The Morgan fingerprint density at radius 1 is 1.11 bits per heavy atom. The number of anilines is 1. The van der Waals surface area contributed by atoms with E-state index >= 15 is 0 Å². The van der Waals surface area contributed by atoms with Crippen LogP contribution in [0.5, 0.6) is 5.75 Å². The van der Waals surface area contributed by atoms with Crippen LogP contribution in [0.25, 0.3) is 0 Å². The molecule has 2 aromatic rings. The first-order chi connectivity index (χ1) is 13.3. The van der Waals surface area contributed by atoms with Crippen molar-refractivity contribution in [1.29, 1.82) is 0 Å². The van der Waals surface area contributed by atoms with Crippen LogP contribution in [0.15, 0.2) is 47.4 Å². The summed E-state index contributed by atoms with van der Waals surface area (Å²) in [7, 11) is 0. The van der Waals surface area contributed by atoms with Gasteiger partial charge in [-0.1, -0.05) is 23.7 Å². The van der Waals surface area contributed by atoms with Crippen molar-refractivity contribution in [1.82, 2.24) is 5.32 Å². The molecule has 2 aromatic carbocycles. The van der Waals surface area contributed by atoms with Gasteiger partial charge in [-0.15, -0.1) is 11.8 Å². The van der Waals surface area contributed by atoms with Gasteiger partial charge in [-0.3, -0.25) is 9.59 Å². The highest BCUT2D eigenvalue weighted by Gasteiger charge is 2.14. The molecular formula is C21H25ClN2O3S. The molecule has 0 saturated heterocycles. The van der Waals surface area contributed by atoms with Gasteiger partial charge in [0, 0.05) is 16.6 Å². The fourth-order valence-electron chi connectivity index (χ4n) is 2.41. The first-order valence-electron chi connectivity index (χ1n) is 9.05. The van der Waals surface area contributed by atoms with Gasteiger partial charge in [-0.05, 0) is 58.0 Å². The Labute approximate surface area is 175 Å². The molecule has 28 heavy (non-hydrogen) atoms. The summed E-state index contributed by atoms with van der Waals surface area (Å²) in [5.41, 5.74) is 1.08. The Balaban J connectivity index is 2.08. The average Bonchev–Trinajstić information content (AvgIpc) is 2.61. The summed E-state index contributed by atoms with van der Waals surface area (Å²) in [6.07, 6.45) is 0.00902. The van der Waals surface area contributed by atoms with E-state index in [1.54, 1.807) is 30.3 Å². The van der Waals surface area contributed by atoms with E-state index < -0.39 is 0 Å². The van der Waals surface area contributed by atoms with Gasteiger partial charge in [-0.2, -0.15) is 0 Å². The van der Waals surface area contributed by atoms with Gasteiger partial charge in [-0.25, -0.2) is 0 Å². The quantitative estimate of drug-likeness (QED) is 0.590. The Bertz CT molecular complexity index is 840. The second-order valence-electron chi connectivity index (χ2n) is 6.77. The molecule has 0 aliphatic carbocycles. The van der Waals surface area contributed by atoms with E-state index in [1.165, 1.54) is 11.8 Å². The van der Waals surface area contributed by atoms with Crippen LogP contribution < -0.4 is 15.4 Å². The number of carbonyl (C=O) groups is 2. The average molecular weight is 421 g/mol. The lowest BCUT2D eigenvalue weighted by molar-refractivity contribution is -0.119. The molecular weight excluding hydrogens is 396 g/mol. The molecule has 150 valence electrons. The third kappa shape index (κ3) is 6.77. The largest absolute Gasteiger partial charge is 0.489 e. The lowest BCUT2D eigenvalue weighted by atomic mass is 10.2. The van der Waals surface area contributed by atoms with Crippen molar-refractivity contribution < 1.29 is 14.3 Å². The molecule has 0 aliphatic heterocycles. The number of hydrogen-bond acceptors (Lipinski definition) is 4. The van der Waals surface area contributed by atoms with Crippen LogP contribution in [0.1, 0.15) is 38.1 Å². The van der Waals surface area contributed by atoms with Gasteiger partial charge in [0.15, 0.2) is 0 Å². The first kappa shape index (κ1) is 22.1. The van der Waals surface area contributed by atoms with E-state index in [1.807, 2.05) is 39.8 Å². The molecule has 2 N–H and O–H groups in total. The lowest BCUT2D eigenvalue weighted by Crippen LogP contribution is -2.31. The van der Waals surface area contributed by atoms with Crippen LogP contribution in [-0.4, -0.2) is 29.7 Å². The highest BCUT2D eigenvalue weighted by molar-refractivity contribution is 8.00. The number of nitrogens with one attached hydrogen (secondary N) is 2. The topological polar surface area (TPSA) is 67.4 Å². The summed E-state index contributed by atoms with van der Waals surface area (Å²) in [5, 5.41) is 6.12. The van der Waals surface area contributed by atoms with Crippen molar-refractivity contribution in [3.63, 3.8) is 0 Å². The van der Waals surface area contributed by atoms with Crippen molar-refractivity contribution in [3.05, 3.63) is 53.1 Å². The predicted octanol–water partition coefficient (Wildman–Crippen LogP) is 5.00. The van der Waals surface area contributed by atoms with Gasteiger partial charge in [0.05, 0.1) is 22.4 Å². The summed E-state index contributed by atoms with van der Waals surface area (Å²) in [6.45, 7) is 7.66. The van der Waals surface area contributed by atoms with E-state index in [2.05, 4.69) is 10.6 Å². The molecule has 2 rings (SSSR count). The zero-order valence-corrected chi connectivity index (χ0v) is 18.0. The molecule has 0 radical (unpaired) electrons. The highest BCUT2D eigenvalue weighted by Crippen LogP contribution is 2.29. The van der Waals surface area contributed by atoms with Crippen molar-refractivity contribution in [2.24, 2.45) is 0 Å². The monoisotopic (exact) mass is 420 g/mol. The number of benzene rings is 2. The fraction of sp³-hybridized carbons (Fsp3) is 0.333. The second kappa shape index (κ2) is 10.4. The van der Waals surface area contributed by atoms with Gasteiger partial charge in [0.1, 0.15) is 5.75 Å². The van der Waals surface area contributed by atoms with Crippen molar-refractivity contribution >= 4 is 40.9 Å². The Kier molecular flexibility index (Phi) is 8.20. The van der Waals surface area contributed by atoms with E-state index in [4.69, 9.17) is 16.3 Å². The van der Waals surface area contributed by atoms with Gasteiger partial charge >= 0.3 is 0 Å². The molecule has 2 amide bonds. The number of amides is 2. The van der Waals surface area contributed by atoms with E-state index in [9.17, 15) is 9.59 Å². The highest BCUT2D eigenvalue weighted by atomic mass is 35.5. The summed E-state index contributed by atoms with van der Waals surface area (Å²) >= 11 is 7.56. The predicted molar refractivity (Wildman–Crippen MR) is 116 cm³/mol. The normalized spacial score (nSPS) is 10.8. The Hall–Kier alpha value is -2.18. The number of thioether (sulfide) groups is 1. The van der Waals surface area contributed by atoms with Gasteiger partial charge in [0.2, 0.25) is 5.91 Å². The number of halogens is 1. The SMILES string of the molecule is CC(C)NC(=O)CSc1ccccc1C(=O)Nc1ccc(OC(C)C)c(Cl)c1. The number of carbonyl (C=O) groups excluding carboxylic acids is 2. The molecule has 7 heteroatoms. The lowest BCUT2D eigenvalue weighted by Gasteiger charge is -2.14. The molecule has 0 heterocycles. The molecule has 5 nitrogen and oxygen atoms in total. The van der Waals surface area contributed by atoms with E-state index in [0.29, 0.717) is 22.0 Å². The smallest absolute Gasteiger partial charge is 0.256 e. The fourth-order valence-corrected chi connectivity index (χ4v) is 3.50. The molecule has 0 aliphatic rings. The molecule has 0 saturated carbocycles. The minimum absolute atomic E-state index is 0.00902. The first-order valence-corrected chi connectivity index (χ1v) is 10.4. The Morgan fingerprint density at radius 2 is 1.82 bits per heavy atom. The van der Waals surface area contributed by atoms with Crippen molar-refractivity contribution in [2.75, 3.05) is 11.1 Å². The standard InChI is InChI=1S/C21H25ClN2O3S/c1-13(2)23-20(25)12-28-19-8-6-5-7-16(19)21(26)24-15-9-10-18(17(22)11-15)27-14(3)4/h5-11,13-14H,12H2,1-4H3,(H,23,25)(H,24,26). The summed E-state index contributed by atoms with van der Waals surface area (Å²) in [6, 6.07) is 12.4.